The van der Waals surface area contributed by atoms with Gasteiger partial charge >= 0.3 is 0 Å². The lowest BCUT2D eigenvalue weighted by molar-refractivity contribution is 0.122. The predicted molar refractivity (Wildman–Crippen MR) is 105 cm³/mol. The normalized spacial score (nSPS) is 20.8. The van der Waals surface area contributed by atoms with Crippen LogP contribution in [0.2, 0.25) is 5.28 Å². The summed E-state index contributed by atoms with van der Waals surface area (Å²) in [6, 6.07) is 0. The van der Waals surface area contributed by atoms with Gasteiger partial charge in [-0.2, -0.15) is 9.97 Å². The average Bonchev–Trinajstić information content (AvgIpc) is 2.99. The zero-order valence-corrected chi connectivity index (χ0v) is 17.3. The molecule has 28 heavy (non-hydrogen) atoms. The van der Waals surface area contributed by atoms with Gasteiger partial charge in [0.2, 0.25) is 5.28 Å². The van der Waals surface area contributed by atoms with E-state index in [-0.39, 0.29) is 11.2 Å². The third kappa shape index (κ3) is 4.29. The number of anilines is 1. The summed E-state index contributed by atoms with van der Waals surface area (Å²) in [6.45, 7) is 6.51. The Hall–Kier alpha value is -1.37. The van der Waals surface area contributed by atoms with E-state index in [1.807, 2.05) is 16.5 Å². The molecule has 4 heterocycles. The molecule has 0 aliphatic carbocycles. The molecule has 1 unspecified atom stereocenters. The molecule has 0 aromatic carbocycles. The van der Waals surface area contributed by atoms with Gasteiger partial charge < -0.3 is 18.8 Å². The molecule has 0 radical (unpaired) electrons. The van der Waals surface area contributed by atoms with E-state index in [2.05, 4.69) is 19.8 Å². The van der Waals surface area contributed by atoms with Crippen LogP contribution >= 0.6 is 11.6 Å². The van der Waals surface area contributed by atoms with Crippen LogP contribution in [0.4, 0.5) is 5.82 Å². The monoisotopic (exact) mass is 428 g/mol. The number of fused-ring (bicyclic) bond motifs is 1. The Kier molecular flexibility index (Phi) is 6.09. The van der Waals surface area contributed by atoms with Gasteiger partial charge in [-0.05, 0) is 22.7 Å². The van der Waals surface area contributed by atoms with Crippen LogP contribution in [0, 0.1) is 0 Å². The summed E-state index contributed by atoms with van der Waals surface area (Å²) in [5.41, 5.74) is 1.47. The van der Waals surface area contributed by atoms with E-state index >= 15 is 0 Å². The smallest absolute Gasteiger partial charge is 0.226 e. The van der Waals surface area contributed by atoms with Crippen molar-refractivity contribution in [2.45, 2.75) is 6.54 Å². The van der Waals surface area contributed by atoms with Gasteiger partial charge in [0.15, 0.2) is 17.0 Å². The number of morpholine rings is 1. The van der Waals surface area contributed by atoms with Crippen molar-refractivity contribution < 1.29 is 13.5 Å². The van der Waals surface area contributed by atoms with Crippen molar-refractivity contribution in [3.8, 4) is 0 Å². The van der Waals surface area contributed by atoms with Crippen LogP contribution in [0.25, 0.3) is 11.2 Å². The molecule has 0 N–H and O–H groups in total. The van der Waals surface area contributed by atoms with Gasteiger partial charge in [-0.3, -0.25) is 14.0 Å². The predicted octanol–water partition coefficient (Wildman–Crippen LogP) is -0.192. The molecule has 12 heteroatoms. The number of imidazole rings is 1. The van der Waals surface area contributed by atoms with Crippen LogP contribution in [0.5, 0.6) is 0 Å². The topological polar surface area (TPSA) is 103 Å². The Morgan fingerprint density at radius 2 is 1.75 bits per heavy atom. The quantitative estimate of drug-likeness (QED) is 0.473. The van der Waals surface area contributed by atoms with Gasteiger partial charge in [0, 0.05) is 46.3 Å². The second-order valence-corrected chi connectivity index (χ2v) is 8.21. The van der Waals surface area contributed by atoms with E-state index in [0.29, 0.717) is 19.8 Å². The van der Waals surface area contributed by atoms with E-state index in [1.165, 1.54) is 0 Å². The number of aromatic nitrogens is 4. The molecular formula is C16H23ClN7O3S-. The Balaban J connectivity index is 1.54. The van der Waals surface area contributed by atoms with Crippen LogP contribution in [0.1, 0.15) is 5.82 Å². The molecular weight excluding hydrogens is 406 g/mol. The summed E-state index contributed by atoms with van der Waals surface area (Å²) in [5, 5.41) is 0.211. The lowest BCUT2D eigenvalue weighted by Gasteiger charge is -2.34. The number of rotatable bonds is 5. The number of hydrogen-bond donors (Lipinski definition) is 0. The average molecular weight is 429 g/mol. The first-order valence-electron chi connectivity index (χ1n) is 9.23. The molecule has 2 aromatic heterocycles. The van der Waals surface area contributed by atoms with Crippen molar-refractivity contribution in [2.75, 3.05) is 63.3 Å². The van der Waals surface area contributed by atoms with E-state index in [1.54, 1.807) is 0 Å². The fourth-order valence-corrected chi connectivity index (χ4v) is 4.34. The summed E-state index contributed by atoms with van der Waals surface area (Å²) in [6.07, 6.45) is 0. The van der Waals surface area contributed by atoms with Crippen LogP contribution < -0.4 is 4.90 Å². The fraction of sp³-hybridized carbons (Fsp3) is 0.688. The van der Waals surface area contributed by atoms with Crippen molar-refractivity contribution in [3.05, 3.63) is 11.1 Å². The number of ether oxygens (including phenoxy) is 1. The van der Waals surface area contributed by atoms with Crippen molar-refractivity contribution in [3.63, 3.8) is 0 Å². The number of piperazine rings is 1. The van der Waals surface area contributed by atoms with E-state index in [4.69, 9.17) is 21.3 Å². The van der Waals surface area contributed by atoms with Crippen LogP contribution in [0.15, 0.2) is 0 Å². The van der Waals surface area contributed by atoms with Crippen molar-refractivity contribution in [1.82, 2.24) is 29.3 Å². The second-order valence-electron chi connectivity index (χ2n) is 7.00. The first-order chi connectivity index (χ1) is 13.5. The van der Waals surface area contributed by atoms with Gasteiger partial charge in [-0.25, -0.2) is 4.98 Å². The van der Waals surface area contributed by atoms with Gasteiger partial charge in [0.1, 0.15) is 5.82 Å². The minimum atomic E-state index is -2.03. The first-order valence-corrected chi connectivity index (χ1v) is 10.9. The maximum Gasteiger partial charge on any atom is 0.226 e. The third-order valence-corrected chi connectivity index (χ3v) is 5.94. The Bertz CT molecular complexity index is 866. The number of nitrogens with zero attached hydrogens (tertiary/aromatic N) is 7. The molecule has 0 saturated carbocycles. The Morgan fingerprint density at radius 1 is 1.07 bits per heavy atom. The molecule has 2 aliphatic heterocycles. The third-order valence-electron chi connectivity index (χ3n) is 5.19. The Morgan fingerprint density at radius 3 is 2.43 bits per heavy atom. The number of aryl methyl sites for hydroxylation is 1. The molecule has 2 fully saturated rings. The molecule has 4 rings (SSSR count). The van der Waals surface area contributed by atoms with Gasteiger partial charge in [0.05, 0.1) is 25.6 Å². The second kappa shape index (κ2) is 8.56. The van der Waals surface area contributed by atoms with Crippen LogP contribution in [0.3, 0.4) is 0 Å². The van der Waals surface area contributed by atoms with Gasteiger partial charge in [-0.1, -0.05) is 0 Å². The summed E-state index contributed by atoms with van der Waals surface area (Å²) in [5.74, 6) is 1.74. The van der Waals surface area contributed by atoms with Crippen LogP contribution in [-0.2, 0) is 29.4 Å². The fourth-order valence-electron chi connectivity index (χ4n) is 3.63. The summed E-state index contributed by atoms with van der Waals surface area (Å²) in [7, 11) is 1.94. The molecule has 2 saturated heterocycles. The van der Waals surface area contributed by atoms with Crippen molar-refractivity contribution in [2.24, 2.45) is 7.05 Å². The number of halogens is 1. The van der Waals surface area contributed by atoms with E-state index in [0.717, 1.165) is 62.1 Å². The molecule has 0 bridgehead atoms. The lowest BCUT2D eigenvalue weighted by Crippen LogP contribution is -2.47. The Labute approximate surface area is 170 Å². The highest BCUT2D eigenvalue weighted by molar-refractivity contribution is 7.79. The summed E-state index contributed by atoms with van der Waals surface area (Å²) in [4.78, 5) is 20.0. The van der Waals surface area contributed by atoms with Crippen molar-refractivity contribution in [1.29, 1.82) is 0 Å². The zero-order valence-electron chi connectivity index (χ0n) is 15.7. The summed E-state index contributed by atoms with van der Waals surface area (Å²) >= 11 is 4.15. The SMILES string of the molecule is Cn1c(CN2CCN(CS(=O)[O-])CC2)nc2c(N3CCOCC3)nc(Cl)nc21. The standard InChI is InChI=1S/C16H24ClN7O3S/c1-21-12(10-22-2-4-23(5-3-22)11-28(25)26)18-13-14(21)19-16(17)20-15(13)24-6-8-27-9-7-24/h2-11H2,1H3,(H,25,26)/p-1. The first kappa shape index (κ1) is 19.9. The van der Waals surface area contributed by atoms with Gasteiger partial charge in [0.25, 0.3) is 0 Å². The van der Waals surface area contributed by atoms with E-state index in [9.17, 15) is 8.76 Å². The molecule has 154 valence electrons. The van der Waals surface area contributed by atoms with Gasteiger partial charge in [-0.15, -0.1) is 0 Å². The molecule has 0 amide bonds. The maximum absolute atomic E-state index is 10.9. The highest BCUT2D eigenvalue weighted by atomic mass is 35.5. The minimum absolute atomic E-state index is 0.0944. The zero-order chi connectivity index (χ0) is 19.7. The summed E-state index contributed by atoms with van der Waals surface area (Å²) < 4.78 is 29.1. The molecule has 10 nitrogen and oxygen atoms in total. The minimum Gasteiger partial charge on any atom is -0.771 e. The maximum atomic E-state index is 10.9. The molecule has 2 aromatic rings. The van der Waals surface area contributed by atoms with E-state index < -0.39 is 11.1 Å². The molecule has 0 spiro atoms. The molecule has 2 aliphatic rings. The highest BCUT2D eigenvalue weighted by Crippen LogP contribution is 2.26. The van der Waals surface area contributed by atoms with Crippen LogP contribution in [-0.4, -0.2) is 96.4 Å². The van der Waals surface area contributed by atoms with Crippen molar-refractivity contribution >= 4 is 39.7 Å². The number of hydrogen-bond acceptors (Lipinski definition) is 9. The highest BCUT2D eigenvalue weighted by Gasteiger charge is 2.23. The molecule has 1 atom stereocenters. The largest absolute Gasteiger partial charge is 0.771 e. The lowest BCUT2D eigenvalue weighted by atomic mass is 10.3.